The van der Waals surface area contributed by atoms with Crippen LogP contribution in [0.1, 0.15) is 30.0 Å². The summed E-state index contributed by atoms with van der Waals surface area (Å²) in [5.41, 5.74) is 2.19. The van der Waals surface area contributed by atoms with Crippen LogP contribution in [-0.4, -0.2) is 34.8 Å². The first-order valence-corrected chi connectivity index (χ1v) is 12.5. The predicted octanol–water partition coefficient (Wildman–Crippen LogP) is 5.08. The van der Waals surface area contributed by atoms with Gasteiger partial charge in [0.1, 0.15) is 17.9 Å². The fourth-order valence-electron chi connectivity index (χ4n) is 4.15. The van der Waals surface area contributed by atoms with Crippen molar-refractivity contribution in [2.45, 2.75) is 33.0 Å². The number of nitrogens with zero attached hydrogens (tertiary/aromatic N) is 2. The molecule has 38 heavy (non-hydrogen) atoms. The number of benzene rings is 3. The minimum Gasteiger partial charge on any atom is -0.464 e. The van der Waals surface area contributed by atoms with Crippen molar-refractivity contribution in [3.63, 3.8) is 0 Å². The van der Waals surface area contributed by atoms with Crippen molar-refractivity contribution in [3.8, 4) is 0 Å². The van der Waals surface area contributed by atoms with Gasteiger partial charge in [0.15, 0.2) is 5.43 Å². The SMILES string of the molecule is CCCN(CC(=O)N(Cc1ccc(F)cc1)Cc1coc2ccccc2c1=O)C(=O)NCc1ccccc1. The monoisotopic (exact) mass is 515 g/mol. The highest BCUT2D eigenvalue weighted by molar-refractivity contribution is 5.84. The molecule has 0 saturated heterocycles. The van der Waals surface area contributed by atoms with Crippen LogP contribution in [0.15, 0.2) is 94.3 Å². The lowest BCUT2D eigenvalue weighted by Crippen LogP contribution is -2.46. The molecular weight excluding hydrogens is 485 g/mol. The van der Waals surface area contributed by atoms with Gasteiger partial charge in [0, 0.05) is 19.6 Å². The van der Waals surface area contributed by atoms with Crippen LogP contribution < -0.4 is 10.7 Å². The Morgan fingerprint density at radius 2 is 1.58 bits per heavy atom. The summed E-state index contributed by atoms with van der Waals surface area (Å²) >= 11 is 0. The maximum Gasteiger partial charge on any atom is 0.318 e. The molecule has 0 atom stereocenters. The maximum atomic E-state index is 13.6. The molecule has 1 aromatic heterocycles. The highest BCUT2D eigenvalue weighted by atomic mass is 19.1. The van der Waals surface area contributed by atoms with Crippen LogP contribution in [0.3, 0.4) is 0 Å². The highest BCUT2D eigenvalue weighted by Gasteiger charge is 2.23. The molecule has 0 aliphatic carbocycles. The number of carbonyl (C=O) groups excluding carboxylic acids is 2. The molecule has 0 spiro atoms. The molecule has 7 nitrogen and oxygen atoms in total. The van der Waals surface area contributed by atoms with Crippen molar-refractivity contribution >= 4 is 22.9 Å². The second kappa shape index (κ2) is 12.7. The molecule has 3 aromatic carbocycles. The maximum absolute atomic E-state index is 13.6. The molecule has 1 heterocycles. The van der Waals surface area contributed by atoms with Gasteiger partial charge >= 0.3 is 6.03 Å². The summed E-state index contributed by atoms with van der Waals surface area (Å²) in [6, 6.07) is 21.9. The van der Waals surface area contributed by atoms with Crippen LogP contribution in [-0.2, 0) is 24.4 Å². The van der Waals surface area contributed by atoms with E-state index in [1.807, 2.05) is 37.3 Å². The average molecular weight is 516 g/mol. The molecule has 1 N–H and O–H groups in total. The summed E-state index contributed by atoms with van der Waals surface area (Å²) < 4.78 is 19.1. The van der Waals surface area contributed by atoms with E-state index in [9.17, 15) is 18.8 Å². The van der Waals surface area contributed by atoms with Crippen molar-refractivity contribution in [1.82, 2.24) is 15.1 Å². The molecule has 0 saturated carbocycles. The largest absolute Gasteiger partial charge is 0.464 e. The molecule has 0 fully saturated rings. The average Bonchev–Trinajstić information content (AvgIpc) is 2.94. The van der Waals surface area contributed by atoms with Gasteiger partial charge in [-0.2, -0.15) is 0 Å². The van der Waals surface area contributed by atoms with E-state index in [-0.39, 0.29) is 42.8 Å². The number of fused-ring (bicyclic) bond motifs is 1. The summed E-state index contributed by atoms with van der Waals surface area (Å²) in [7, 11) is 0. The van der Waals surface area contributed by atoms with Gasteiger partial charge in [0.25, 0.3) is 0 Å². The molecule has 4 aromatic rings. The number of hydrogen-bond acceptors (Lipinski definition) is 4. The zero-order valence-electron chi connectivity index (χ0n) is 21.2. The van der Waals surface area contributed by atoms with E-state index in [0.29, 0.717) is 41.6 Å². The summed E-state index contributed by atoms with van der Waals surface area (Å²) in [5.74, 6) is -0.726. The third kappa shape index (κ3) is 6.85. The van der Waals surface area contributed by atoms with Gasteiger partial charge in [-0.25, -0.2) is 9.18 Å². The van der Waals surface area contributed by atoms with Crippen molar-refractivity contribution < 1.29 is 18.4 Å². The molecule has 0 radical (unpaired) electrons. The van der Waals surface area contributed by atoms with Crippen molar-refractivity contribution in [2.75, 3.05) is 13.1 Å². The first-order chi connectivity index (χ1) is 18.4. The number of nitrogens with one attached hydrogen (secondary N) is 1. The molecule has 3 amide bonds. The molecule has 0 bridgehead atoms. The van der Waals surface area contributed by atoms with E-state index in [1.54, 1.807) is 36.4 Å². The van der Waals surface area contributed by atoms with E-state index in [1.165, 1.54) is 28.2 Å². The van der Waals surface area contributed by atoms with Gasteiger partial charge in [-0.15, -0.1) is 0 Å². The second-order valence-electron chi connectivity index (χ2n) is 9.03. The van der Waals surface area contributed by atoms with Crippen molar-refractivity contribution in [3.05, 3.63) is 118 Å². The quantitative estimate of drug-likeness (QED) is 0.319. The topological polar surface area (TPSA) is 82.9 Å². The van der Waals surface area contributed by atoms with E-state index in [4.69, 9.17) is 4.42 Å². The van der Waals surface area contributed by atoms with Crippen LogP contribution in [0.2, 0.25) is 0 Å². The van der Waals surface area contributed by atoms with Crippen LogP contribution in [0.4, 0.5) is 9.18 Å². The number of para-hydroxylation sites is 1. The van der Waals surface area contributed by atoms with Crippen LogP contribution in [0.5, 0.6) is 0 Å². The van der Waals surface area contributed by atoms with Gasteiger partial charge < -0.3 is 19.5 Å². The highest BCUT2D eigenvalue weighted by Crippen LogP contribution is 2.15. The zero-order chi connectivity index (χ0) is 26.9. The number of halogens is 1. The number of carbonyl (C=O) groups is 2. The van der Waals surface area contributed by atoms with Crippen LogP contribution in [0.25, 0.3) is 11.0 Å². The van der Waals surface area contributed by atoms with Crippen molar-refractivity contribution in [1.29, 1.82) is 0 Å². The van der Waals surface area contributed by atoms with Gasteiger partial charge in [0.05, 0.1) is 23.8 Å². The Hall–Kier alpha value is -4.46. The molecule has 0 unspecified atom stereocenters. The normalized spacial score (nSPS) is 10.8. The third-order valence-corrected chi connectivity index (χ3v) is 6.15. The fraction of sp³-hybridized carbons (Fsp3) is 0.233. The smallest absolute Gasteiger partial charge is 0.318 e. The Kier molecular flexibility index (Phi) is 8.87. The van der Waals surface area contributed by atoms with Gasteiger partial charge in [-0.05, 0) is 41.8 Å². The Morgan fingerprint density at radius 1 is 0.868 bits per heavy atom. The van der Waals surface area contributed by atoms with Gasteiger partial charge in [0.2, 0.25) is 5.91 Å². The zero-order valence-corrected chi connectivity index (χ0v) is 21.2. The van der Waals surface area contributed by atoms with E-state index in [0.717, 1.165) is 5.56 Å². The number of amides is 3. The first-order valence-electron chi connectivity index (χ1n) is 12.5. The number of rotatable bonds is 10. The lowest BCUT2D eigenvalue weighted by Gasteiger charge is -2.28. The second-order valence-corrected chi connectivity index (χ2v) is 9.03. The fourth-order valence-corrected chi connectivity index (χ4v) is 4.15. The number of hydrogen-bond donors (Lipinski definition) is 1. The summed E-state index contributed by atoms with van der Waals surface area (Å²) in [4.78, 5) is 42.6. The molecular formula is C30H30FN3O4. The lowest BCUT2D eigenvalue weighted by atomic mass is 10.1. The third-order valence-electron chi connectivity index (χ3n) is 6.15. The Labute approximate surface area is 220 Å². The minimum absolute atomic E-state index is 0.0189. The Bertz CT molecular complexity index is 1440. The van der Waals surface area contributed by atoms with Crippen LogP contribution >= 0.6 is 0 Å². The van der Waals surface area contributed by atoms with Gasteiger partial charge in [-0.1, -0.05) is 61.5 Å². The molecule has 0 aliphatic heterocycles. The summed E-state index contributed by atoms with van der Waals surface area (Å²) in [5, 5.41) is 3.30. The van der Waals surface area contributed by atoms with E-state index >= 15 is 0 Å². The molecule has 4 rings (SSSR count). The lowest BCUT2D eigenvalue weighted by molar-refractivity contribution is -0.133. The standard InChI is InChI=1S/C30H30FN3O4/c1-2-16-33(30(37)32-17-22-8-4-3-5-9-22)20-28(35)34(18-23-12-14-25(31)15-13-23)19-24-21-38-27-11-7-6-10-26(27)29(24)36/h3-15,21H,2,16-20H2,1H3,(H,32,37). The summed E-state index contributed by atoms with van der Waals surface area (Å²) in [6.45, 7) is 2.60. The first kappa shape index (κ1) is 26.6. The molecule has 8 heteroatoms. The molecule has 0 aliphatic rings. The van der Waals surface area contributed by atoms with Crippen molar-refractivity contribution in [2.24, 2.45) is 0 Å². The van der Waals surface area contributed by atoms with E-state index < -0.39 is 0 Å². The Balaban J connectivity index is 1.54. The predicted molar refractivity (Wildman–Crippen MR) is 144 cm³/mol. The van der Waals surface area contributed by atoms with Gasteiger partial charge in [-0.3, -0.25) is 9.59 Å². The summed E-state index contributed by atoms with van der Waals surface area (Å²) in [6.07, 6.45) is 2.03. The minimum atomic E-state index is -0.383. The van der Waals surface area contributed by atoms with E-state index in [2.05, 4.69) is 5.32 Å². The Morgan fingerprint density at radius 3 is 2.32 bits per heavy atom. The number of urea groups is 1. The van der Waals surface area contributed by atoms with Crippen LogP contribution in [0, 0.1) is 5.82 Å². The molecule has 196 valence electrons.